The van der Waals surface area contributed by atoms with Crippen LogP contribution < -0.4 is 16.2 Å². The Balaban J connectivity index is 1.07. The lowest BCUT2D eigenvalue weighted by atomic mass is 9.58. The standard InChI is InChI=1S/C64H49BN2O3/c1-63(2,3)38-21-24-40(25-22-38)66-52-35-58-47(42-26-23-39(64(4,5)6)29-56(42)69-58)30-45(52)43-27-28-44-46-34-57-48(41-19-13-14-20-55(41)68-57)32-53(46)67-54-33-50-49(31-51(54)65-59(43)60(44)67)61(36-15-9-7-10-16-36)70-62(50)37-17-11-8-12-18-37/h7-35,65-66H,1-6H3. The molecule has 0 fully saturated rings. The Kier molecular flexibility index (Phi) is 8.54. The number of aromatic nitrogens is 1. The Bertz CT molecular complexity index is 4290. The van der Waals surface area contributed by atoms with E-state index in [1.807, 2.05) is 6.07 Å². The smallest absolute Gasteiger partial charge is 0.198 e. The second kappa shape index (κ2) is 14.6. The molecule has 5 heterocycles. The molecule has 6 heteroatoms. The van der Waals surface area contributed by atoms with Crippen LogP contribution >= 0.6 is 0 Å². The lowest BCUT2D eigenvalue weighted by molar-refractivity contribution is 0.587. The molecule has 0 radical (unpaired) electrons. The minimum Gasteiger partial charge on any atom is -0.456 e. The molecule has 0 aliphatic carbocycles. The van der Waals surface area contributed by atoms with Crippen LogP contribution in [0.2, 0.25) is 0 Å². The van der Waals surface area contributed by atoms with Crippen molar-refractivity contribution in [3.8, 4) is 39.5 Å². The number of hydrogen-bond donors (Lipinski definition) is 1. The molecule has 0 atom stereocenters. The largest absolute Gasteiger partial charge is 0.456 e. The van der Waals surface area contributed by atoms with Crippen molar-refractivity contribution in [3.63, 3.8) is 0 Å². The molecule has 13 aromatic rings. The Morgan fingerprint density at radius 3 is 1.76 bits per heavy atom. The third-order valence-electron chi connectivity index (χ3n) is 14.9. The van der Waals surface area contributed by atoms with Crippen molar-refractivity contribution in [2.24, 2.45) is 0 Å². The molecule has 0 spiro atoms. The molecule has 0 bridgehead atoms. The number of furan rings is 3. The molecular weight excluding hydrogens is 856 g/mol. The van der Waals surface area contributed by atoms with Gasteiger partial charge in [0.05, 0.1) is 11.2 Å². The third-order valence-corrected chi connectivity index (χ3v) is 14.9. The zero-order chi connectivity index (χ0) is 47.2. The van der Waals surface area contributed by atoms with Gasteiger partial charge in [0.15, 0.2) is 7.28 Å². The SMILES string of the molecule is CC(C)(C)c1ccc(Nc2cc3oc4cc(C(C)(C)C)ccc4c3cc2-c2ccc3c4cc5oc6ccccc6c5cc4n4c3c2Bc2cc3c(-c5ccccc5)oc(-c5ccccc5)c3cc2-4)cc1. The molecule has 0 saturated carbocycles. The maximum absolute atomic E-state index is 7.02. The Hall–Kier alpha value is -8.22. The zero-order valence-electron chi connectivity index (χ0n) is 40.1. The van der Waals surface area contributed by atoms with Gasteiger partial charge in [-0.25, -0.2) is 0 Å². The summed E-state index contributed by atoms with van der Waals surface area (Å²) in [6, 6.07) is 63.7. The summed E-state index contributed by atoms with van der Waals surface area (Å²) in [7, 11) is 0.715. The maximum atomic E-state index is 7.02. The van der Waals surface area contributed by atoms with Crippen LogP contribution in [0.25, 0.3) is 116 Å². The molecule has 0 unspecified atom stereocenters. The zero-order valence-corrected chi connectivity index (χ0v) is 40.1. The second-order valence-corrected chi connectivity index (χ2v) is 21.4. The predicted molar refractivity (Wildman–Crippen MR) is 295 cm³/mol. The molecule has 14 rings (SSSR count). The summed E-state index contributed by atoms with van der Waals surface area (Å²) in [4.78, 5) is 0. The van der Waals surface area contributed by atoms with E-state index in [4.69, 9.17) is 13.3 Å². The van der Waals surface area contributed by atoms with Gasteiger partial charge in [-0.15, -0.1) is 0 Å². The van der Waals surface area contributed by atoms with Gasteiger partial charge in [0.1, 0.15) is 33.9 Å². The van der Waals surface area contributed by atoms with E-state index < -0.39 is 0 Å². The van der Waals surface area contributed by atoms with E-state index in [0.29, 0.717) is 7.28 Å². The average molecular weight is 905 g/mol. The van der Waals surface area contributed by atoms with Gasteiger partial charge in [0.25, 0.3) is 0 Å². The highest BCUT2D eigenvalue weighted by Crippen LogP contribution is 2.46. The molecular formula is C64H49BN2O3. The first-order valence-corrected chi connectivity index (χ1v) is 24.4. The number of anilines is 2. The summed E-state index contributed by atoms with van der Waals surface area (Å²) in [5.74, 6) is 1.75. The number of hydrogen-bond acceptors (Lipinski definition) is 4. The average Bonchev–Trinajstić information content (AvgIpc) is 4.12. The van der Waals surface area contributed by atoms with E-state index in [1.165, 1.54) is 38.5 Å². The monoisotopic (exact) mass is 904 g/mol. The molecule has 1 aliphatic heterocycles. The fourth-order valence-electron chi connectivity index (χ4n) is 11.3. The Morgan fingerprint density at radius 2 is 1.03 bits per heavy atom. The number of nitrogens with zero attached hydrogens (tertiary/aromatic N) is 1. The van der Waals surface area contributed by atoms with E-state index >= 15 is 0 Å². The highest BCUT2D eigenvalue weighted by Gasteiger charge is 2.30. The van der Waals surface area contributed by atoms with Crippen LogP contribution in [0.1, 0.15) is 52.7 Å². The van der Waals surface area contributed by atoms with Gasteiger partial charge >= 0.3 is 0 Å². The van der Waals surface area contributed by atoms with Crippen molar-refractivity contribution in [2.75, 3.05) is 5.32 Å². The van der Waals surface area contributed by atoms with Gasteiger partial charge in [-0.1, -0.05) is 168 Å². The number of rotatable bonds is 5. The second-order valence-electron chi connectivity index (χ2n) is 21.4. The van der Waals surface area contributed by atoms with Crippen molar-refractivity contribution in [1.29, 1.82) is 0 Å². The molecule has 0 amide bonds. The number of para-hydroxylation sites is 1. The van der Waals surface area contributed by atoms with Crippen LogP contribution in [-0.2, 0) is 10.8 Å². The summed E-state index contributed by atoms with van der Waals surface area (Å²) in [6.45, 7) is 13.5. The topological polar surface area (TPSA) is 56.4 Å². The first-order valence-electron chi connectivity index (χ1n) is 24.4. The fourth-order valence-corrected chi connectivity index (χ4v) is 11.3. The molecule has 5 nitrogen and oxygen atoms in total. The molecule has 9 aromatic carbocycles. The normalized spacial score (nSPS) is 12.8. The number of fused-ring (bicyclic) bond motifs is 12. The first-order chi connectivity index (χ1) is 33.9. The van der Waals surface area contributed by atoms with Gasteiger partial charge in [-0.05, 0) is 81.5 Å². The summed E-state index contributed by atoms with van der Waals surface area (Å²) in [5.41, 5.74) is 18.5. The van der Waals surface area contributed by atoms with Gasteiger partial charge < -0.3 is 23.1 Å². The predicted octanol–water partition coefficient (Wildman–Crippen LogP) is 16.4. The van der Waals surface area contributed by atoms with Gasteiger partial charge in [-0.2, -0.15) is 0 Å². The van der Waals surface area contributed by atoms with E-state index in [-0.39, 0.29) is 10.8 Å². The fraction of sp³-hybridized carbons (Fsp3) is 0.125. The molecule has 70 heavy (non-hydrogen) atoms. The van der Waals surface area contributed by atoms with Crippen LogP contribution in [0.4, 0.5) is 11.4 Å². The van der Waals surface area contributed by atoms with Crippen molar-refractivity contribution < 1.29 is 13.3 Å². The third kappa shape index (κ3) is 6.18. The molecule has 336 valence electrons. The minimum absolute atomic E-state index is 0.0141. The van der Waals surface area contributed by atoms with Crippen molar-refractivity contribution in [3.05, 3.63) is 187 Å². The Morgan fingerprint density at radius 1 is 0.429 bits per heavy atom. The lowest BCUT2D eigenvalue weighted by Gasteiger charge is -2.24. The van der Waals surface area contributed by atoms with Crippen LogP contribution in [0.5, 0.6) is 0 Å². The first kappa shape index (κ1) is 40.8. The van der Waals surface area contributed by atoms with Crippen molar-refractivity contribution >= 4 is 106 Å². The molecule has 1 aliphatic rings. The summed E-state index contributed by atoms with van der Waals surface area (Å²) in [5, 5.41) is 12.9. The molecule has 1 N–H and O–H groups in total. The minimum atomic E-state index is -0.0141. The number of benzene rings is 9. The number of nitrogens with one attached hydrogen (secondary N) is 1. The van der Waals surface area contributed by atoms with Crippen molar-refractivity contribution in [2.45, 2.75) is 52.4 Å². The van der Waals surface area contributed by atoms with Gasteiger partial charge in [0, 0.05) is 82.7 Å². The highest BCUT2D eigenvalue weighted by atomic mass is 16.3. The van der Waals surface area contributed by atoms with E-state index in [9.17, 15) is 0 Å². The van der Waals surface area contributed by atoms with E-state index in [1.54, 1.807) is 0 Å². The van der Waals surface area contributed by atoms with E-state index in [2.05, 4.69) is 221 Å². The van der Waals surface area contributed by atoms with Gasteiger partial charge in [-0.3, -0.25) is 0 Å². The molecule has 0 saturated heterocycles. The van der Waals surface area contributed by atoms with Crippen LogP contribution in [0.3, 0.4) is 0 Å². The van der Waals surface area contributed by atoms with Crippen LogP contribution in [-0.4, -0.2) is 11.8 Å². The quantitative estimate of drug-likeness (QED) is 0.175. The van der Waals surface area contributed by atoms with Gasteiger partial charge in [0.2, 0.25) is 0 Å². The summed E-state index contributed by atoms with van der Waals surface area (Å²) >= 11 is 0. The summed E-state index contributed by atoms with van der Waals surface area (Å²) < 4.78 is 22.9. The van der Waals surface area contributed by atoms with E-state index in [0.717, 1.165) is 111 Å². The Labute approximate surface area is 406 Å². The van der Waals surface area contributed by atoms with Crippen LogP contribution in [0.15, 0.2) is 189 Å². The van der Waals surface area contributed by atoms with Crippen molar-refractivity contribution in [1.82, 2.24) is 4.57 Å². The summed E-state index contributed by atoms with van der Waals surface area (Å²) in [6.07, 6.45) is 0. The molecule has 4 aromatic heterocycles. The van der Waals surface area contributed by atoms with Crippen LogP contribution in [0, 0.1) is 0 Å². The maximum Gasteiger partial charge on any atom is 0.198 e. The highest BCUT2D eigenvalue weighted by molar-refractivity contribution is 6.73. The lowest BCUT2D eigenvalue weighted by Crippen LogP contribution is -2.37.